The summed E-state index contributed by atoms with van der Waals surface area (Å²) < 4.78 is 49.7. The number of pyridine rings is 2. The van der Waals surface area contributed by atoms with Gasteiger partial charge in [-0.05, 0) is 118 Å². The fourth-order valence-corrected chi connectivity index (χ4v) is 11.9. The normalized spacial score (nSPS) is 21.2. The lowest BCUT2D eigenvalue weighted by Gasteiger charge is -2.40. The molecule has 15 nitrogen and oxygen atoms in total. The van der Waals surface area contributed by atoms with Gasteiger partial charge in [-0.1, -0.05) is 0 Å². The Bertz CT molecular complexity index is 2980. The van der Waals surface area contributed by atoms with Crippen molar-refractivity contribution in [2.45, 2.75) is 75.3 Å². The van der Waals surface area contributed by atoms with Gasteiger partial charge in [-0.25, -0.2) is 18.2 Å². The van der Waals surface area contributed by atoms with Crippen LogP contribution in [0.15, 0.2) is 65.7 Å². The summed E-state index contributed by atoms with van der Waals surface area (Å²) in [6.07, 6.45) is 7.51. The van der Waals surface area contributed by atoms with Gasteiger partial charge < -0.3 is 19.7 Å². The van der Waals surface area contributed by atoms with Crippen LogP contribution in [0.1, 0.15) is 84.5 Å². The van der Waals surface area contributed by atoms with E-state index in [0.29, 0.717) is 74.6 Å². The van der Waals surface area contributed by atoms with Crippen LogP contribution in [0.3, 0.4) is 0 Å². The average molecular weight is 959 g/mol. The summed E-state index contributed by atoms with van der Waals surface area (Å²) in [6.45, 7) is 7.09. The molecule has 1 atom stereocenters. The van der Waals surface area contributed by atoms with Gasteiger partial charge in [0.1, 0.15) is 23.3 Å². The van der Waals surface area contributed by atoms with E-state index in [-0.39, 0.29) is 52.4 Å². The van der Waals surface area contributed by atoms with Crippen molar-refractivity contribution in [1.29, 1.82) is 0 Å². The summed E-state index contributed by atoms with van der Waals surface area (Å²) in [5.74, 6) is -2.97. The van der Waals surface area contributed by atoms with Gasteiger partial charge in [-0.2, -0.15) is 0 Å². The molecule has 4 saturated heterocycles. The number of rotatable bonds is 10. The summed E-state index contributed by atoms with van der Waals surface area (Å²) in [5, 5.41) is 5.80. The molecule has 8 heterocycles. The molecule has 1 spiro atoms. The standard InChI is InChI=1S/C52H57F3N10O5/c1-56-41-27-46(67)64(30-40(41)55)42-7-14-57-48-36(42)25-35(59(48)2)29-60-15-10-32(11-16-60)47-38(53)23-33(24-39(47)54)50(69)63-17-8-31(9-18-63)28-61-19-21-62(22-20-61)34-3-4-43-37(26-34)52(12-13-52)51(70)65(43)44-5-6-45(66)58-49(44)68/h3-4,7,14,23-27,30-32,44,56H,5-6,8-13,15-22,28-29H2,1-2H3,(H,58,66,68)/t44-/m1/s1. The number of piperidine rings is 3. The number of imide groups is 1. The number of aromatic nitrogens is 3. The number of hydrogen-bond acceptors (Lipinski definition) is 10. The molecule has 5 aliphatic heterocycles. The van der Waals surface area contributed by atoms with Crippen molar-refractivity contribution in [3.63, 3.8) is 0 Å². The zero-order valence-corrected chi connectivity index (χ0v) is 39.5. The zero-order chi connectivity index (χ0) is 48.6. The van der Waals surface area contributed by atoms with E-state index in [1.165, 1.54) is 29.0 Å². The third-order valence-electron chi connectivity index (χ3n) is 16.1. The summed E-state index contributed by atoms with van der Waals surface area (Å²) in [5.41, 5.74) is 4.16. The fourth-order valence-electron chi connectivity index (χ4n) is 11.9. The first-order valence-corrected chi connectivity index (χ1v) is 24.6. The van der Waals surface area contributed by atoms with Crippen molar-refractivity contribution in [3.05, 3.63) is 111 Å². The maximum atomic E-state index is 15.9. The van der Waals surface area contributed by atoms with Gasteiger partial charge in [0, 0.05) is 119 Å². The molecule has 18 heteroatoms. The quantitative estimate of drug-likeness (QED) is 0.174. The predicted molar refractivity (Wildman–Crippen MR) is 258 cm³/mol. The molecule has 366 valence electrons. The van der Waals surface area contributed by atoms with Crippen LogP contribution >= 0.6 is 0 Å². The predicted octanol–water partition coefficient (Wildman–Crippen LogP) is 5.42. The number of benzene rings is 2. The van der Waals surface area contributed by atoms with Crippen molar-refractivity contribution in [2.24, 2.45) is 13.0 Å². The molecule has 0 unspecified atom stereocenters. The number of aryl methyl sites for hydroxylation is 1. The van der Waals surface area contributed by atoms with Crippen molar-refractivity contribution in [1.82, 2.24) is 34.1 Å². The molecule has 70 heavy (non-hydrogen) atoms. The highest BCUT2D eigenvalue weighted by molar-refractivity contribution is 6.15. The second kappa shape index (κ2) is 18.0. The summed E-state index contributed by atoms with van der Waals surface area (Å²) >= 11 is 0. The average Bonchev–Trinajstić information content (AvgIpc) is 4.06. The zero-order valence-electron chi connectivity index (χ0n) is 39.5. The largest absolute Gasteiger partial charge is 0.386 e. The van der Waals surface area contributed by atoms with Crippen LogP contribution in [0.4, 0.5) is 30.2 Å². The number of halogens is 3. The fraction of sp³-hybridized carbons (Fsp3) is 0.462. The Morgan fingerprint density at radius 1 is 0.814 bits per heavy atom. The van der Waals surface area contributed by atoms with Gasteiger partial charge in [0.25, 0.3) is 11.5 Å². The van der Waals surface area contributed by atoms with Crippen molar-refractivity contribution in [2.75, 3.05) is 81.1 Å². The third kappa shape index (κ3) is 8.11. The monoisotopic (exact) mass is 958 g/mol. The summed E-state index contributed by atoms with van der Waals surface area (Å²) in [6, 6.07) is 12.7. The number of carbonyl (C=O) groups excluding carboxylic acids is 4. The van der Waals surface area contributed by atoms with Crippen LogP contribution in [0.25, 0.3) is 16.7 Å². The van der Waals surface area contributed by atoms with E-state index in [4.69, 9.17) is 0 Å². The summed E-state index contributed by atoms with van der Waals surface area (Å²) in [4.78, 5) is 79.8. The van der Waals surface area contributed by atoms with Gasteiger partial charge in [-0.15, -0.1) is 0 Å². The van der Waals surface area contributed by atoms with Gasteiger partial charge >= 0.3 is 0 Å². The lowest BCUT2D eigenvalue weighted by molar-refractivity contribution is -0.135. The number of amides is 4. The Kier molecular flexibility index (Phi) is 11.8. The first-order valence-electron chi connectivity index (χ1n) is 24.6. The van der Waals surface area contributed by atoms with Crippen LogP contribution in [0.5, 0.6) is 0 Å². The number of nitrogens with zero attached hydrogens (tertiary/aromatic N) is 8. The van der Waals surface area contributed by atoms with E-state index in [1.807, 2.05) is 29.8 Å². The molecule has 4 amide bonds. The van der Waals surface area contributed by atoms with Crippen LogP contribution in [0, 0.1) is 23.4 Å². The van der Waals surface area contributed by atoms with Gasteiger partial charge in [0.15, 0.2) is 5.82 Å². The number of nitrogens with one attached hydrogen (secondary N) is 2. The van der Waals surface area contributed by atoms with Crippen LogP contribution < -0.4 is 26.0 Å². The number of carbonyl (C=O) groups is 4. The molecule has 2 aromatic carbocycles. The molecular formula is C52H57F3N10O5. The number of fused-ring (bicyclic) bond motifs is 3. The molecule has 5 aromatic rings. The van der Waals surface area contributed by atoms with Crippen molar-refractivity contribution < 1.29 is 32.3 Å². The number of piperazine rings is 1. The maximum Gasteiger partial charge on any atom is 0.257 e. The van der Waals surface area contributed by atoms with Crippen LogP contribution in [-0.2, 0) is 33.4 Å². The van der Waals surface area contributed by atoms with Crippen LogP contribution in [-0.4, -0.2) is 124 Å². The minimum absolute atomic E-state index is 0.0321. The molecule has 2 N–H and O–H groups in total. The SMILES string of the molecule is CNc1cc(=O)n(-c2ccnc3c2cc(CN2CCC(c4c(F)cc(C(=O)N5CCC(CN6CCN(c7ccc8c(c7)C7(CC7)C(=O)N8[C@@H]7CCC(=O)NC7=O)CC6)CC5)cc4F)CC2)n3C)cc1F. The molecular weight excluding hydrogens is 902 g/mol. The molecule has 3 aromatic heterocycles. The Balaban J connectivity index is 0.660. The minimum atomic E-state index is -0.688. The Morgan fingerprint density at radius 2 is 1.54 bits per heavy atom. The Labute approximate surface area is 403 Å². The molecule has 1 aliphatic carbocycles. The maximum absolute atomic E-state index is 15.9. The second-order valence-corrected chi connectivity index (χ2v) is 20.1. The van der Waals surface area contributed by atoms with E-state index in [9.17, 15) is 28.4 Å². The van der Waals surface area contributed by atoms with E-state index in [0.717, 1.165) is 81.0 Å². The molecule has 0 radical (unpaired) electrons. The van der Waals surface area contributed by atoms with Gasteiger partial charge in [0.2, 0.25) is 17.7 Å². The first kappa shape index (κ1) is 45.9. The topological polar surface area (TPSA) is 148 Å². The van der Waals surface area contributed by atoms with E-state index >= 15 is 8.78 Å². The van der Waals surface area contributed by atoms with Crippen molar-refractivity contribution in [3.8, 4) is 5.69 Å². The van der Waals surface area contributed by atoms with Crippen LogP contribution in [0.2, 0.25) is 0 Å². The lowest BCUT2D eigenvalue weighted by atomic mass is 9.87. The molecule has 6 aliphatic rings. The number of hydrogen-bond donors (Lipinski definition) is 2. The van der Waals surface area contributed by atoms with E-state index in [2.05, 4.69) is 36.4 Å². The van der Waals surface area contributed by atoms with Gasteiger partial charge in [0.05, 0.1) is 23.0 Å². The minimum Gasteiger partial charge on any atom is -0.386 e. The molecule has 11 rings (SSSR count). The first-order chi connectivity index (χ1) is 33.8. The Hall–Kier alpha value is -6.53. The van der Waals surface area contributed by atoms with E-state index < -0.39 is 34.8 Å². The lowest BCUT2D eigenvalue weighted by Crippen LogP contribution is -2.54. The highest BCUT2D eigenvalue weighted by Gasteiger charge is 2.61. The van der Waals surface area contributed by atoms with E-state index in [1.54, 1.807) is 29.1 Å². The second-order valence-electron chi connectivity index (χ2n) is 20.1. The number of anilines is 3. The van der Waals surface area contributed by atoms with Gasteiger partial charge in [-0.3, -0.25) is 48.6 Å². The highest BCUT2D eigenvalue weighted by atomic mass is 19.1. The highest BCUT2D eigenvalue weighted by Crippen LogP contribution is 2.58. The smallest absolute Gasteiger partial charge is 0.257 e. The molecule has 0 bridgehead atoms. The Morgan fingerprint density at radius 3 is 2.23 bits per heavy atom. The summed E-state index contributed by atoms with van der Waals surface area (Å²) in [7, 11) is 3.45. The molecule has 5 fully saturated rings. The number of likely N-dealkylation sites (tertiary alicyclic amines) is 2. The molecule has 1 saturated carbocycles. The third-order valence-corrected chi connectivity index (χ3v) is 16.1. The van der Waals surface area contributed by atoms with Crippen molar-refractivity contribution >= 4 is 51.7 Å².